The Balaban J connectivity index is 1.93. The molecule has 90 valence electrons. The van der Waals surface area contributed by atoms with Crippen LogP contribution in [0.2, 0.25) is 0 Å². The van der Waals surface area contributed by atoms with Crippen LogP contribution in [-0.4, -0.2) is 16.7 Å². The van der Waals surface area contributed by atoms with Crippen LogP contribution < -0.4 is 10.1 Å². The first-order valence-electron chi connectivity index (χ1n) is 5.22. The van der Waals surface area contributed by atoms with Gasteiger partial charge in [-0.05, 0) is 47.7 Å². The Hall–Kier alpha value is -0.890. The van der Waals surface area contributed by atoms with Crippen molar-refractivity contribution in [2.75, 3.05) is 11.9 Å². The van der Waals surface area contributed by atoms with Crippen LogP contribution in [0, 0.1) is 3.57 Å². The lowest BCUT2D eigenvalue weighted by Gasteiger charge is -2.03. The van der Waals surface area contributed by atoms with E-state index in [4.69, 9.17) is 4.74 Å². The van der Waals surface area contributed by atoms with E-state index in [9.17, 15) is 0 Å². The highest BCUT2D eigenvalue weighted by Gasteiger charge is 2.04. The largest absolute Gasteiger partial charge is 0.486 e. The minimum Gasteiger partial charge on any atom is -0.486 e. The highest BCUT2D eigenvalue weighted by molar-refractivity contribution is 14.1. The molecule has 6 heteroatoms. The monoisotopic (exact) mass is 361 g/mol. The van der Waals surface area contributed by atoms with Gasteiger partial charge in [0.05, 0.1) is 0 Å². The SMILES string of the molecule is CCNc1nnc(COc2cccc(I)c2)s1. The normalized spacial score (nSPS) is 10.2. The van der Waals surface area contributed by atoms with Gasteiger partial charge in [-0.1, -0.05) is 17.4 Å². The zero-order valence-electron chi connectivity index (χ0n) is 9.31. The van der Waals surface area contributed by atoms with Crippen LogP contribution in [0.5, 0.6) is 5.75 Å². The average molecular weight is 361 g/mol. The lowest BCUT2D eigenvalue weighted by atomic mass is 10.3. The molecule has 2 aromatic rings. The fraction of sp³-hybridized carbons (Fsp3) is 0.273. The summed E-state index contributed by atoms with van der Waals surface area (Å²) in [4.78, 5) is 0. The van der Waals surface area contributed by atoms with Gasteiger partial charge in [0.15, 0.2) is 5.01 Å². The van der Waals surface area contributed by atoms with Gasteiger partial charge in [0.25, 0.3) is 0 Å². The third kappa shape index (κ3) is 3.81. The van der Waals surface area contributed by atoms with Crippen LogP contribution in [0.25, 0.3) is 0 Å². The lowest BCUT2D eigenvalue weighted by Crippen LogP contribution is -1.94. The quantitative estimate of drug-likeness (QED) is 0.832. The van der Waals surface area contributed by atoms with Crippen LogP contribution >= 0.6 is 33.9 Å². The first-order chi connectivity index (χ1) is 8.28. The summed E-state index contributed by atoms with van der Waals surface area (Å²) in [7, 11) is 0. The van der Waals surface area contributed by atoms with Crippen molar-refractivity contribution >= 4 is 39.1 Å². The minimum atomic E-state index is 0.461. The summed E-state index contributed by atoms with van der Waals surface area (Å²) in [5, 5.41) is 12.9. The van der Waals surface area contributed by atoms with Crippen LogP contribution in [-0.2, 0) is 6.61 Å². The predicted octanol–water partition coefficient (Wildman–Crippen LogP) is 3.15. The van der Waals surface area contributed by atoms with Gasteiger partial charge >= 0.3 is 0 Å². The number of anilines is 1. The van der Waals surface area contributed by atoms with Gasteiger partial charge in [-0.25, -0.2) is 0 Å². The van der Waals surface area contributed by atoms with Gasteiger partial charge < -0.3 is 10.1 Å². The van der Waals surface area contributed by atoms with Crippen LogP contribution in [0.3, 0.4) is 0 Å². The smallest absolute Gasteiger partial charge is 0.205 e. The van der Waals surface area contributed by atoms with Gasteiger partial charge in [-0.15, -0.1) is 10.2 Å². The Bertz CT molecular complexity index is 489. The van der Waals surface area contributed by atoms with E-state index in [1.165, 1.54) is 11.3 Å². The standard InChI is InChI=1S/C11H12IN3OS/c1-2-13-11-15-14-10(17-11)7-16-9-5-3-4-8(12)6-9/h3-6H,2,7H2,1H3,(H,13,15). The second-order valence-electron chi connectivity index (χ2n) is 3.28. The molecule has 1 aromatic heterocycles. The molecule has 0 atom stereocenters. The van der Waals surface area contributed by atoms with Crippen molar-refractivity contribution < 1.29 is 4.74 Å². The molecule has 0 radical (unpaired) electrons. The molecule has 0 bridgehead atoms. The van der Waals surface area contributed by atoms with Crippen LogP contribution in [0.15, 0.2) is 24.3 Å². The molecule has 17 heavy (non-hydrogen) atoms. The van der Waals surface area contributed by atoms with Crippen molar-refractivity contribution in [3.05, 3.63) is 32.8 Å². The zero-order valence-corrected chi connectivity index (χ0v) is 12.3. The van der Waals surface area contributed by atoms with E-state index >= 15 is 0 Å². The molecule has 0 spiro atoms. The number of hydrogen-bond acceptors (Lipinski definition) is 5. The molecule has 0 saturated heterocycles. The average Bonchev–Trinajstić information content (AvgIpc) is 2.75. The summed E-state index contributed by atoms with van der Waals surface area (Å²) in [6.45, 7) is 3.35. The molecule has 0 aliphatic rings. The second kappa shape index (κ2) is 6.15. The molecule has 1 aromatic carbocycles. The Labute approximate surface area is 118 Å². The minimum absolute atomic E-state index is 0.461. The maximum absolute atomic E-state index is 5.64. The highest BCUT2D eigenvalue weighted by atomic mass is 127. The Morgan fingerprint density at radius 3 is 3.06 bits per heavy atom. The van der Waals surface area contributed by atoms with E-state index in [0.29, 0.717) is 6.61 Å². The number of hydrogen-bond donors (Lipinski definition) is 1. The second-order valence-corrected chi connectivity index (χ2v) is 5.59. The third-order valence-electron chi connectivity index (χ3n) is 1.95. The summed E-state index contributed by atoms with van der Waals surface area (Å²) in [6, 6.07) is 7.93. The van der Waals surface area contributed by atoms with Crippen molar-refractivity contribution in [1.82, 2.24) is 10.2 Å². The van der Waals surface area contributed by atoms with Gasteiger partial charge in [-0.2, -0.15) is 0 Å². The number of ether oxygens (including phenoxy) is 1. The summed E-state index contributed by atoms with van der Waals surface area (Å²) in [6.07, 6.45) is 0. The molecule has 1 heterocycles. The highest BCUT2D eigenvalue weighted by Crippen LogP contribution is 2.19. The summed E-state index contributed by atoms with van der Waals surface area (Å²) < 4.78 is 6.80. The maximum Gasteiger partial charge on any atom is 0.205 e. The van der Waals surface area contributed by atoms with Gasteiger partial charge in [-0.3, -0.25) is 0 Å². The molecule has 4 nitrogen and oxygen atoms in total. The Morgan fingerprint density at radius 1 is 1.41 bits per heavy atom. The Morgan fingerprint density at radius 2 is 2.29 bits per heavy atom. The number of nitrogens with one attached hydrogen (secondary N) is 1. The summed E-state index contributed by atoms with van der Waals surface area (Å²) in [5.41, 5.74) is 0. The first kappa shape index (κ1) is 12.6. The third-order valence-corrected chi connectivity index (χ3v) is 3.48. The number of halogens is 1. The topological polar surface area (TPSA) is 47.0 Å². The van der Waals surface area contributed by atoms with Crippen LogP contribution in [0.1, 0.15) is 11.9 Å². The molecular weight excluding hydrogens is 349 g/mol. The molecule has 0 aliphatic heterocycles. The summed E-state index contributed by atoms with van der Waals surface area (Å²) >= 11 is 3.78. The van der Waals surface area contributed by atoms with Crippen molar-refractivity contribution in [3.8, 4) is 5.75 Å². The van der Waals surface area contributed by atoms with Crippen molar-refractivity contribution in [3.63, 3.8) is 0 Å². The van der Waals surface area contributed by atoms with Gasteiger partial charge in [0.2, 0.25) is 5.13 Å². The van der Waals surface area contributed by atoms with Crippen LogP contribution in [0.4, 0.5) is 5.13 Å². The van der Waals surface area contributed by atoms with Gasteiger partial charge in [0, 0.05) is 10.1 Å². The maximum atomic E-state index is 5.64. The van der Waals surface area contributed by atoms with E-state index in [1.54, 1.807) is 0 Å². The zero-order chi connectivity index (χ0) is 12.1. The van der Waals surface area contributed by atoms with E-state index in [0.717, 1.165) is 26.0 Å². The summed E-state index contributed by atoms with van der Waals surface area (Å²) in [5.74, 6) is 0.858. The molecular formula is C11H12IN3OS. The van der Waals surface area contributed by atoms with E-state index in [-0.39, 0.29) is 0 Å². The van der Waals surface area contributed by atoms with Crippen molar-refractivity contribution in [2.24, 2.45) is 0 Å². The first-order valence-corrected chi connectivity index (χ1v) is 7.12. The van der Waals surface area contributed by atoms with Crippen molar-refractivity contribution in [2.45, 2.75) is 13.5 Å². The van der Waals surface area contributed by atoms with E-state index < -0.39 is 0 Å². The molecule has 2 rings (SSSR count). The molecule has 0 unspecified atom stereocenters. The number of benzene rings is 1. The van der Waals surface area contributed by atoms with Crippen molar-refractivity contribution in [1.29, 1.82) is 0 Å². The number of nitrogens with zero attached hydrogens (tertiary/aromatic N) is 2. The predicted molar refractivity (Wildman–Crippen MR) is 77.6 cm³/mol. The number of rotatable bonds is 5. The molecule has 0 fully saturated rings. The number of aromatic nitrogens is 2. The molecule has 1 N–H and O–H groups in total. The Kier molecular flexibility index (Phi) is 4.55. The molecule has 0 saturated carbocycles. The van der Waals surface area contributed by atoms with Gasteiger partial charge in [0.1, 0.15) is 12.4 Å². The molecule has 0 aliphatic carbocycles. The van der Waals surface area contributed by atoms with E-state index in [1.807, 2.05) is 31.2 Å². The fourth-order valence-electron chi connectivity index (χ4n) is 1.24. The fourth-order valence-corrected chi connectivity index (χ4v) is 2.47. The molecule has 0 amide bonds. The lowest BCUT2D eigenvalue weighted by molar-refractivity contribution is 0.304. The van der Waals surface area contributed by atoms with E-state index in [2.05, 4.69) is 38.1 Å².